The van der Waals surface area contributed by atoms with Gasteiger partial charge in [0.2, 0.25) is 5.91 Å². The molecule has 0 aliphatic rings. The van der Waals surface area contributed by atoms with Crippen LogP contribution in [0.4, 0.5) is 0 Å². The maximum atomic E-state index is 12.2. The Balaban J connectivity index is 1.33. The van der Waals surface area contributed by atoms with E-state index < -0.39 is 0 Å². The minimum atomic E-state index is -0.170. The molecule has 0 saturated carbocycles. The minimum absolute atomic E-state index is 0.0333. The Kier molecular flexibility index (Phi) is 7.27. The first-order valence-electron chi connectivity index (χ1n) is 9.84. The Hall–Kier alpha value is -3.29. The number of carbonyl (C=O) groups excluding carboxylic acids is 1. The number of para-hydroxylation sites is 2. The third kappa shape index (κ3) is 5.60. The molecule has 29 heavy (non-hydrogen) atoms. The van der Waals surface area contributed by atoms with Gasteiger partial charge in [0.25, 0.3) is 0 Å². The summed E-state index contributed by atoms with van der Waals surface area (Å²) in [6.07, 6.45) is 3.31. The molecule has 0 aliphatic heterocycles. The Morgan fingerprint density at radius 2 is 1.83 bits per heavy atom. The van der Waals surface area contributed by atoms with Crippen LogP contribution in [0.25, 0.3) is 5.65 Å². The number of pyridine rings is 1. The number of aromatic nitrogens is 3. The number of hydrogen-bond donors (Lipinski definition) is 1. The molecule has 1 N–H and O–H groups in total. The normalized spacial score (nSPS) is 10.8. The fraction of sp³-hybridized carbons (Fsp3) is 0.381. The Morgan fingerprint density at radius 1 is 1.07 bits per heavy atom. The summed E-state index contributed by atoms with van der Waals surface area (Å²) in [5.74, 6) is 1.36. The van der Waals surface area contributed by atoms with Crippen molar-refractivity contribution in [2.75, 3.05) is 19.8 Å². The molecule has 0 aliphatic carbocycles. The van der Waals surface area contributed by atoms with Crippen LogP contribution < -0.4 is 20.5 Å². The van der Waals surface area contributed by atoms with Gasteiger partial charge in [0.1, 0.15) is 0 Å². The zero-order valence-corrected chi connectivity index (χ0v) is 16.5. The van der Waals surface area contributed by atoms with Crippen molar-refractivity contribution >= 4 is 11.6 Å². The predicted octanol–water partition coefficient (Wildman–Crippen LogP) is 2.26. The summed E-state index contributed by atoms with van der Waals surface area (Å²) in [6, 6.07) is 12.9. The standard InChI is InChI=1S/C21H26N4O4/c1-2-28-17-9-3-4-10-18(17)29-16-7-12-20(26)22-13-8-15-25-21(27)24-14-6-5-11-19(24)23-25/h3-6,9-11,14H,2,7-8,12-13,15-16H2,1H3,(H,22,26). The highest BCUT2D eigenvalue weighted by molar-refractivity contribution is 5.75. The third-order valence-electron chi connectivity index (χ3n) is 4.31. The summed E-state index contributed by atoms with van der Waals surface area (Å²) >= 11 is 0. The highest BCUT2D eigenvalue weighted by Gasteiger charge is 2.07. The fourth-order valence-corrected chi connectivity index (χ4v) is 2.92. The van der Waals surface area contributed by atoms with Crippen LogP contribution in [0.1, 0.15) is 26.2 Å². The van der Waals surface area contributed by atoms with Crippen LogP contribution in [0.5, 0.6) is 11.5 Å². The average Bonchev–Trinajstić information content (AvgIpc) is 3.06. The highest BCUT2D eigenvalue weighted by atomic mass is 16.5. The molecule has 0 radical (unpaired) electrons. The monoisotopic (exact) mass is 398 g/mol. The smallest absolute Gasteiger partial charge is 0.350 e. The quantitative estimate of drug-likeness (QED) is 0.501. The number of rotatable bonds is 11. The van der Waals surface area contributed by atoms with Crippen LogP contribution in [0.2, 0.25) is 0 Å². The van der Waals surface area contributed by atoms with Gasteiger partial charge in [0, 0.05) is 25.7 Å². The van der Waals surface area contributed by atoms with Gasteiger partial charge in [-0.2, -0.15) is 0 Å². The zero-order valence-electron chi connectivity index (χ0n) is 16.5. The van der Waals surface area contributed by atoms with Gasteiger partial charge in [-0.15, -0.1) is 5.10 Å². The molecule has 2 heterocycles. The van der Waals surface area contributed by atoms with Crippen LogP contribution in [0.3, 0.4) is 0 Å². The lowest BCUT2D eigenvalue weighted by atomic mass is 10.3. The third-order valence-corrected chi connectivity index (χ3v) is 4.31. The van der Waals surface area contributed by atoms with Gasteiger partial charge in [0.05, 0.1) is 13.2 Å². The largest absolute Gasteiger partial charge is 0.490 e. The fourth-order valence-electron chi connectivity index (χ4n) is 2.92. The number of amides is 1. The second-order valence-corrected chi connectivity index (χ2v) is 6.47. The van der Waals surface area contributed by atoms with Gasteiger partial charge in [-0.1, -0.05) is 18.2 Å². The summed E-state index contributed by atoms with van der Waals surface area (Å²) in [5.41, 5.74) is 0.448. The second-order valence-electron chi connectivity index (χ2n) is 6.47. The van der Waals surface area contributed by atoms with Crippen LogP contribution in [-0.2, 0) is 11.3 Å². The first-order chi connectivity index (χ1) is 14.2. The second kappa shape index (κ2) is 10.3. The van der Waals surface area contributed by atoms with E-state index in [1.54, 1.807) is 18.3 Å². The number of aryl methyl sites for hydroxylation is 1. The van der Waals surface area contributed by atoms with E-state index in [1.807, 2.05) is 37.3 Å². The SMILES string of the molecule is CCOc1ccccc1OCCCC(=O)NCCCn1nc2ccccn2c1=O. The number of hydrogen-bond acceptors (Lipinski definition) is 5. The number of carbonyl (C=O) groups is 1. The Morgan fingerprint density at radius 3 is 2.59 bits per heavy atom. The molecule has 1 aromatic carbocycles. The van der Waals surface area contributed by atoms with Crippen molar-refractivity contribution < 1.29 is 14.3 Å². The lowest BCUT2D eigenvalue weighted by molar-refractivity contribution is -0.121. The molecule has 2 aromatic heterocycles. The number of ether oxygens (including phenoxy) is 2. The van der Waals surface area contributed by atoms with E-state index in [2.05, 4.69) is 10.4 Å². The van der Waals surface area contributed by atoms with E-state index in [4.69, 9.17) is 9.47 Å². The molecule has 0 fully saturated rings. The average molecular weight is 398 g/mol. The van der Waals surface area contributed by atoms with Crippen molar-refractivity contribution in [1.82, 2.24) is 19.5 Å². The van der Waals surface area contributed by atoms with Crippen molar-refractivity contribution in [2.24, 2.45) is 0 Å². The molecular formula is C21H26N4O4. The molecule has 3 rings (SSSR count). The predicted molar refractivity (Wildman–Crippen MR) is 109 cm³/mol. The van der Waals surface area contributed by atoms with Gasteiger partial charge >= 0.3 is 5.69 Å². The van der Waals surface area contributed by atoms with E-state index in [0.717, 1.165) is 0 Å². The van der Waals surface area contributed by atoms with Crippen molar-refractivity contribution in [1.29, 1.82) is 0 Å². The first kappa shape index (κ1) is 20.4. The van der Waals surface area contributed by atoms with Gasteiger partial charge in [-0.3, -0.25) is 9.20 Å². The zero-order chi connectivity index (χ0) is 20.5. The molecule has 0 bridgehead atoms. The van der Waals surface area contributed by atoms with Crippen LogP contribution in [0, 0.1) is 0 Å². The first-order valence-corrected chi connectivity index (χ1v) is 9.84. The number of benzene rings is 1. The topological polar surface area (TPSA) is 86.9 Å². The molecule has 0 unspecified atom stereocenters. The maximum absolute atomic E-state index is 12.2. The van der Waals surface area contributed by atoms with E-state index in [9.17, 15) is 9.59 Å². The minimum Gasteiger partial charge on any atom is -0.490 e. The van der Waals surface area contributed by atoms with Crippen molar-refractivity contribution in [3.8, 4) is 11.5 Å². The van der Waals surface area contributed by atoms with E-state index in [0.29, 0.717) is 62.7 Å². The molecule has 0 spiro atoms. The molecule has 8 nitrogen and oxygen atoms in total. The highest BCUT2D eigenvalue weighted by Crippen LogP contribution is 2.26. The summed E-state index contributed by atoms with van der Waals surface area (Å²) < 4.78 is 14.1. The van der Waals surface area contributed by atoms with Crippen LogP contribution in [0.15, 0.2) is 53.5 Å². The molecule has 8 heteroatoms. The molecule has 154 valence electrons. The summed E-state index contributed by atoms with van der Waals surface area (Å²) in [6.45, 7) is 3.88. The lowest BCUT2D eigenvalue weighted by Crippen LogP contribution is -2.27. The van der Waals surface area contributed by atoms with Crippen LogP contribution >= 0.6 is 0 Å². The van der Waals surface area contributed by atoms with Gasteiger partial charge in [0.15, 0.2) is 17.1 Å². The van der Waals surface area contributed by atoms with E-state index >= 15 is 0 Å². The summed E-state index contributed by atoms with van der Waals surface area (Å²) in [7, 11) is 0. The molecule has 0 saturated heterocycles. The van der Waals surface area contributed by atoms with Gasteiger partial charge in [-0.05, 0) is 44.0 Å². The lowest BCUT2D eigenvalue weighted by Gasteiger charge is -2.11. The Labute approximate surface area is 169 Å². The summed E-state index contributed by atoms with van der Waals surface area (Å²) in [5, 5.41) is 7.13. The number of nitrogens with zero attached hydrogens (tertiary/aromatic N) is 3. The molecule has 3 aromatic rings. The molecular weight excluding hydrogens is 372 g/mol. The molecule has 0 atom stereocenters. The van der Waals surface area contributed by atoms with Crippen molar-refractivity contribution in [2.45, 2.75) is 32.7 Å². The Bertz CT molecular complexity index is 996. The van der Waals surface area contributed by atoms with Gasteiger partial charge in [-0.25, -0.2) is 9.48 Å². The van der Waals surface area contributed by atoms with Crippen molar-refractivity contribution in [3.05, 3.63) is 59.1 Å². The molecule has 1 amide bonds. The maximum Gasteiger partial charge on any atom is 0.350 e. The number of fused-ring (bicyclic) bond motifs is 1. The van der Waals surface area contributed by atoms with E-state index in [-0.39, 0.29) is 11.6 Å². The van der Waals surface area contributed by atoms with Gasteiger partial charge < -0.3 is 14.8 Å². The van der Waals surface area contributed by atoms with Crippen molar-refractivity contribution in [3.63, 3.8) is 0 Å². The van der Waals surface area contributed by atoms with E-state index in [1.165, 1.54) is 9.08 Å². The number of nitrogens with one attached hydrogen (secondary N) is 1. The van der Waals surface area contributed by atoms with Crippen LogP contribution in [-0.4, -0.2) is 39.8 Å². The summed E-state index contributed by atoms with van der Waals surface area (Å²) in [4.78, 5) is 24.1.